The third-order valence-electron chi connectivity index (χ3n) is 2.56. The van der Waals surface area contributed by atoms with Crippen LogP contribution in [0.5, 0.6) is 0 Å². The average Bonchev–Trinajstić information content (AvgIpc) is 2.63. The first-order chi connectivity index (χ1) is 7.22. The molecule has 0 bridgehead atoms. The van der Waals surface area contributed by atoms with Crippen LogP contribution in [0.4, 0.5) is 0 Å². The molecule has 0 amide bonds. The van der Waals surface area contributed by atoms with Gasteiger partial charge in [-0.25, -0.2) is 4.98 Å². The maximum Gasteiger partial charge on any atom is 0.115 e. The first kappa shape index (κ1) is 10.5. The topological polar surface area (TPSA) is 29.3 Å². The van der Waals surface area contributed by atoms with Gasteiger partial charge < -0.3 is 5.32 Å². The van der Waals surface area contributed by atoms with Crippen molar-refractivity contribution in [1.29, 1.82) is 0 Å². The lowest BCUT2D eigenvalue weighted by atomic mass is 10.2. The van der Waals surface area contributed by atoms with E-state index in [-0.39, 0.29) is 0 Å². The van der Waals surface area contributed by atoms with Crippen molar-refractivity contribution in [2.75, 3.05) is 7.05 Å². The van der Waals surface area contributed by atoms with Gasteiger partial charge in [0.2, 0.25) is 0 Å². The second-order valence-corrected chi connectivity index (χ2v) is 4.06. The number of hydrogen-bond acceptors (Lipinski definition) is 2. The van der Waals surface area contributed by atoms with E-state index in [1.165, 1.54) is 0 Å². The maximum atomic E-state index is 6.13. The fourth-order valence-corrected chi connectivity index (χ4v) is 1.86. The molecule has 0 aliphatic heterocycles. The summed E-state index contributed by atoms with van der Waals surface area (Å²) in [7, 11) is 1.95. The first-order valence-electron chi connectivity index (χ1n) is 5.00. The van der Waals surface area contributed by atoms with Crippen LogP contribution in [0.1, 0.15) is 12.7 Å². The van der Waals surface area contributed by atoms with Crippen molar-refractivity contribution in [3.63, 3.8) is 0 Å². The van der Waals surface area contributed by atoms with Crippen molar-refractivity contribution in [2.45, 2.75) is 19.4 Å². The zero-order valence-corrected chi connectivity index (χ0v) is 9.62. The fourth-order valence-electron chi connectivity index (χ4n) is 1.59. The molecule has 0 saturated heterocycles. The van der Waals surface area contributed by atoms with E-state index in [0.29, 0.717) is 11.2 Å². The van der Waals surface area contributed by atoms with Gasteiger partial charge in [0.25, 0.3) is 0 Å². The van der Waals surface area contributed by atoms with Crippen molar-refractivity contribution in [1.82, 2.24) is 14.7 Å². The highest BCUT2D eigenvalue weighted by atomic mass is 35.5. The zero-order chi connectivity index (χ0) is 10.8. The van der Waals surface area contributed by atoms with Crippen LogP contribution in [0.15, 0.2) is 24.4 Å². The smallest absolute Gasteiger partial charge is 0.115 e. The SMILES string of the molecule is CNC(C)Cc1ncc2cccc(Cl)n12. The Labute approximate surface area is 94.1 Å². The first-order valence-corrected chi connectivity index (χ1v) is 5.38. The number of halogens is 1. The molecule has 0 fully saturated rings. The van der Waals surface area contributed by atoms with Gasteiger partial charge in [-0.3, -0.25) is 4.40 Å². The number of likely N-dealkylation sites (N-methyl/N-ethyl adjacent to an activating group) is 1. The number of imidazole rings is 1. The van der Waals surface area contributed by atoms with Gasteiger partial charge in [0.05, 0.1) is 11.7 Å². The highest BCUT2D eigenvalue weighted by molar-refractivity contribution is 6.29. The van der Waals surface area contributed by atoms with E-state index in [1.54, 1.807) is 0 Å². The Morgan fingerprint density at radius 2 is 2.33 bits per heavy atom. The van der Waals surface area contributed by atoms with E-state index in [0.717, 1.165) is 17.8 Å². The van der Waals surface area contributed by atoms with Crippen LogP contribution >= 0.6 is 11.6 Å². The lowest BCUT2D eigenvalue weighted by molar-refractivity contribution is 0.590. The lowest BCUT2D eigenvalue weighted by Crippen LogP contribution is -2.24. The van der Waals surface area contributed by atoms with Crippen LogP contribution in [0.3, 0.4) is 0 Å². The molecule has 15 heavy (non-hydrogen) atoms. The molecule has 0 aliphatic carbocycles. The monoisotopic (exact) mass is 223 g/mol. The molecule has 1 N–H and O–H groups in total. The summed E-state index contributed by atoms with van der Waals surface area (Å²) in [6, 6.07) is 6.22. The van der Waals surface area contributed by atoms with Crippen molar-refractivity contribution >= 4 is 17.1 Å². The molecule has 80 valence electrons. The van der Waals surface area contributed by atoms with Crippen molar-refractivity contribution < 1.29 is 0 Å². The van der Waals surface area contributed by atoms with E-state index >= 15 is 0 Å². The number of nitrogens with one attached hydrogen (secondary N) is 1. The van der Waals surface area contributed by atoms with E-state index < -0.39 is 0 Å². The van der Waals surface area contributed by atoms with Crippen LogP contribution < -0.4 is 5.32 Å². The molecule has 2 aromatic rings. The van der Waals surface area contributed by atoms with Gasteiger partial charge in [-0.05, 0) is 26.1 Å². The summed E-state index contributed by atoms with van der Waals surface area (Å²) in [6.45, 7) is 2.12. The number of pyridine rings is 1. The number of aromatic nitrogens is 2. The van der Waals surface area contributed by atoms with Gasteiger partial charge in [-0.2, -0.15) is 0 Å². The van der Waals surface area contributed by atoms with Crippen LogP contribution in [0.2, 0.25) is 5.15 Å². The highest BCUT2D eigenvalue weighted by Crippen LogP contribution is 2.16. The molecule has 1 atom stereocenters. The predicted octanol–water partition coefficient (Wildman–Crippen LogP) is 2.14. The van der Waals surface area contributed by atoms with Gasteiger partial charge in [-0.1, -0.05) is 17.7 Å². The second kappa shape index (κ2) is 4.21. The molecule has 2 rings (SSSR count). The third kappa shape index (κ3) is 1.98. The molecule has 4 heteroatoms. The molecule has 0 aromatic carbocycles. The van der Waals surface area contributed by atoms with Crippen molar-refractivity contribution in [2.24, 2.45) is 0 Å². The number of nitrogens with zero attached hydrogens (tertiary/aromatic N) is 2. The van der Waals surface area contributed by atoms with Gasteiger partial charge in [-0.15, -0.1) is 0 Å². The Morgan fingerprint density at radius 1 is 1.53 bits per heavy atom. The normalized spacial score (nSPS) is 13.3. The number of fused-ring (bicyclic) bond motifs is 1. The Bertz CT molecular complexity index is 464. The minimum atomic E-state index is 0.395. The summed E-state index contributed by atoms with van der Waals surface area (Å²) in [5.41, 5.74) is 1.04. The van der Waals surface area contributed by atoms with Crippen LogP contribution in [-0.2, 0) is 6.42 Å². The molecule has 0 spiro atoms. The average molecular weight is 224 g/mol. The van der Waals surface area contributed by atoms with Gasteiger partial charge >= 0.3 is 0 Å². The summed E-state index contributed by atoms with van der Waals surface area (Å²) in [5, 5.41) is 3.90. The van der Waals surface area contributed by atoms with E-state index in [1.807, 2.05) is 35.8 Å². The molecular weight excluding hydrogens is 210 g/mol. The third-order valence-corrected chi connectivity index (χ3v) is 2.85. The zero-order valence-electron chi connectivity index (χ0n) is 8.87. The minimum Gasteiger partial charge on any atom is -0.317 e. The molecule has 2 aromatic heterocycles. The Kier molecular flexibility index (Phi) is 2.93. The molecule has 3 nitrogen and oxygen atoms in total. The van der Waals surface area contributed by atoms with Gasteiger partial charge in [0.1, 0.15) is 11.0 Å². The van der Waals surface area contributed by atoms with E-state index in [4.69, 9.17) is 11.6 Å². The van der Waals surface area contributed by atoms with Gasteiger partial charge in [0.15, 0.2) is 0 Å². The van der Waals surface area contributed by atoms with E-state index in [2.05, 4.69) is 17.2 Å². The lowest BCUT2D eigenvalue weighted by Gasteiger charge is -2.09. The maximum absolute atomic E-state index is 6.13. The fraction of sp³-hybridized carbons (Fsp3) is 0.364. The molecular formula is C11H14ClN3. The number of hydrogen-bond donors (Lipinski definition) is 1. The standard InChI is InChI=1S/C11H14ClN3/c1-8(13-2)6-11-14-7-9-4-3-5-10(12)15(9)11/h3-5,7-8,13H,6H2,1-2H3. The number of rotatable bonds is 3. The largest absolute Gasteiger partial charge is 0.317 e. The van der Waals surface area contributed by atoms with Crippen molar-refractivity contribution in [3.8, 4) is 0 Å². The Morgan fingerprint density at radius 3 is 3.07 bits per heavy atom. The highest BCUT2D eigenvalue weighted by Gasteiger charge is 2.08. The minimum absolute atomic E-state index is 0.395. The summed E-state index contributed by atoms with van der Waals surface area (Å²) < 4.78 is 1.98. The molecule has 2 heterocycles. The summed E-state index contributed by atoms with van der Waals surface area (Å²) in [6.07, 6.45) is 2.72. The molecule has 0 radical (unpaired) electrons. The second-order valence-electron chi connectivity index (χ2n) is 3.68. The van der Waals surface area contributed by atoms with E-state index in [9.17, 15) is 0 Å². The molecule has 1 unspecified atom stereocenters. The molecule has 0 saturated carbocycles. The summed E-state index contributed by atoms with van der Waals surface area (Å²) in [5.74, 6) is 0.998. The van der Waals surface area contributed by atoms with Crippen molar-refractivity contribution in [3.05, 3.63) is 35.4 Å². The van der Waals surface area contributed by atoms with Crippen LogP contribution in [0.25, 0.3) is 5.52 Å². The van der Waals surface area contributed by atoms with Crippen LogP contribution in [-0.4, -0.2) is 22.5 Å². The predicted molar refractivity (Wildman–Crippen MR) is 62.4 cm³/mol. The quantitative estimate of drug-likeness (QED) is 0.808. The molecule has 0 aliphatic rings. The Balaban J connectivity index is 2.43. The van der Waals surface area contributed by atoms with Gasteiger partial charge in [0, 0.05) is 12.5 Å². The summed E-state index contributed by atoms with van der Waals surface area (Å²) >= 11 is 6.13. The Hall–Kier alpha value is -1.06. The van der Waals surface area contributed by atoms with Crippen LogP contribution in [0, 0.1) is 0 Å². The summed E-state index contributed by atoms with van der Waals surface area (Å²) in [4.78, 5) is 4.38.